The minimum Gasteiger partial charge on any atom is -0.508 e. The standard InChI is InChI=1S/C34H26BrNO6/c35-25-16-27(39)30-24(32(25)40)15-23-21(31(30)29-20-4-2-1-3-18(20)7-12-26(29)38)10-11-22-28(23)34(42)36(33(22)41)14-13-17-5-8-19(37)9-6-17/h1-10,12,16,22-23,28,31,37-38H,11,13-15H2/t22-,23+,28-,31+/m0/s1. The molecule has 1 saturated heterocycles. The molecule has 1 heterocycles. The number of amides is 2. The molecule has 0 aromatic heterocycles. The molecule has 8 heteroatoms. The van der Waals surface area contributed by atoms with Crippen LogP contribution in [0.5, 0.6) is 11.5 Å². The van der Waals surface area contributed by atoms with E-state index in [-0.39, 0.29) is 52.3 Å². The van der Waals surface area contributed by atoms with Crippen LogP contribution in [0, 0.1) is 17.8 Å². The van der Waals surface area contributed by atoms with Gasteiger partial charge in [-0.2, -0.15) is 0 Å². The number of rotatable bonds is 4. The normalized spacial score (nSPS) is 25.3. The summed E-state index contributed by atoms with van der Waals surface area (Å²) >= 11 is 3.26. The van der Waals surface area contributed by atoms with Crippen molar-refractivity contribution in [1.82, 2.24) is 4.90 Å². The third kappa shape index (κ3) is 4.00. The maximum absolute atomic E-state index is 14.0. The maximum Gasteiger partial charge on any atom is 0.233 e. The number of carbonyl (C=O) groups excluding carboxylic acids is 4. The van der Waals surface area contributed by atoms with Crippen LogP contribution in [-0.2, 0) is 25.6 Å². The van der Waals surface area contributed by atoms with Gasteiger partial charge < -0.3 is 10.2 Å². The molecule has 42 heavy (non-hydrogen) atoms. The van der Waals surface area contributed by atoms with Gasteiger partial charge in [0.2, 0.25) is 11.8 Å². The Morgan fingerprint density at radius 2 is 1.64 bits per heavy atom. The second-order valence-electron chi connectivity index (χ2n) is 11.4. The first-order valence-corrected chi connectivity index (χ1v) is 14.8. The number of halogens is 1. The number of ketones is 2. The molecule has 210 valence electrons. The van der Waals surface area contributed by atoms with Gasteiger partial charge in [0, 0.05) is 35.2 Å². The van der Waals surface area contributed by atoms with Gasteiger partial charge in [-0.3, -0.25) is 24.1 Å². The molecule has 3 aromatic rings. The molecule has 2 N–H and O–H groups in total. The van der Waals surface area contributed by atoms with E-state index in [1.54, 1.807) is 30.3 Å². The summed E-state index contributed by atoms with van der Waals surface area (Å²) in [6.45, 7) is 0.213. The van der Waals surface area contributed by atoms with Gasteiger partial charge in [-0.1, -0.05) is 54.1 Å². The van der Waals surface area contributed by atoms with Gasteiger partial charge >= 0.3 is 0 Å². The van der Waals surface area contributed by atoms with Crippen molar-refractivity contribution in [1.29, 1.82) is 0 Å². The fourth-order valence-electron chi connectivity index (χ4n) is 7.31. The molecule has 1 aliphatic heterocycles. The summed E-state index contributed by atoms with van der Waals surface area (Å²) in [5.74, 6) is -3.38. The van der Waals surface area contributed by atoms with Crippen LogP contribution in [0.25, 0.3) is 10.8 Å². The van der Waals surface area contributed by atoms with Gasteiger partial charge in [-0.15, -0.1) is 0 Å². The third-order valence-electron chi connectivity index (χ3n) is 9.22. The average molecular weight is 624 g/mol. The second-order valence-corrected chi connectivity index (χ2v) is 12.2. The number of benzene rings is 3. The van der Waals surface area contributed by atoms with Crippen molar-refractivity contribution >= 4 is 50.1 Å². The van der Waals surface area contributed by atoms with E-state index in [4.69, 9.17) is 0 Å². The predicted molar refractivity (Wildman–Crippen MR) is 159 cm³/mol. The highest BCUT2D eigenvalue weighted by Gasteiger charge is 2.56. The number of fused-ring (bicyclic) bond motifs is 4. The van der Waals surface area contributed by atoms with Crippen LogP contribution in [0.4, 0.5) is 0 Å². The van der Waals surface area contributed by atoms with Crippen molar-refractivity contribution in [3.63, 3.8) is 0 Å². The summed E-state index contributed by atoms with van der Waals surface area (Å²) in [7, 11) is 0. The predicted octanol–water partition coefficient (Wildman–Crippen LogP) is 5.26. The molecular formula is C34H26BrNO6. The summed E-state index contributed by atoms with van der Waals surface area (Å²) in [6, 6.07) is 17.7. The zero-order valence-electron chi connectivity index (χ0n) is 22.4. The number of phenols is 2. The fraction of sp³-hybridized carbons (Fsp3) is 0.235. The Balaban J connectivity index is 1.32. The molecule has 2 amide bonds. The van der Waals surface area contributed by atoms with Gasteiger partial charge in [-0.25, -0.2) is 0 Å². The molecule has 0 radical (unpaired) electrons. The topological polar surface area (TPSA) is 112 Å². The zero-order chi connectivity index (χ0) is 29.3. The quantitative estimate of drug-likeness (QED) is 0.233. The summed E-state index contributed by atoms with van der Waals surface area (Å²) in [4.78, 5) is 55.9. The smallest absolute Gasteiger partial charge is 0.233 e. The van der Waals surface area contributed by atoms with E-state index in [2.05, 4.69) is 15.9 Å². The second kappa shape index (κ2) is 9.91. The fourth-order valence-corrected chi connectivity index (χ4v) is 7.76. The molecular weight excluding hydrogens is 598 g/mol. The Morgan fingerprint density at radius 1 is 0.881 bits per heavy atom. The van der Waals surface area contributed by atoms with E-state index in [1.807, 2.05) is 36.4 Å². The van der Waals surface area contributed by atoms with Crippen LogP contribution in [0.1, 0.15) is 29.9 Å². The lowest BCUT2D eigenvalue weighted by Crippen LogP contribution is -2.39. The Bertz CT molecular complexity index is 1820. The van der Waals surface area contributed by atoms with E-state index in [0.29, 0.717) is 29.6 Å². The lowest BCUT2D eigenvalue weighted by Gasteiger charge is -2.42. The number of allylic oxidation sites excluding steroid dienone is 6. The van der Waals surface area contributed by atoms with Crippen molar-refractivity contribution in [2.45, 2.75) is 25.2 Å². The average Bonchev–Trinajstić information content (AvgIpc) is 3.23. The Morgan fingerprint density at radius 3 is 2.43 bits per heavy atom. The summed E-state index contributed by atoms with van der Waals surface area (Å²) in [5, 5.41) is 22.5. The van der Waals surface area contributed by atoms with Crippen molar-refractivity contribution in [2.24, 2.45) is 17.8 Å². The molecule has 0 bridgehead atoms. The highest BCUT2D eigenvalue weighted by molar-refractivity contribution is 9.12. The highest BCUT2D eigenvalue weighted by atomic mass is 79.9. The number of carbonyl (C=O) groups is 4. The number of likely N-dealkylation sites (tertiary alicyclic amines) is 1. The minimum absolute atomic E-state index is 0.00689. The minimum atomic E-state index is -0.729. The van der Waals surface area contributed by atoms with Gasteiger partial charge in [0.05, 0.1) is 16.3 Å². The van der Waals surface area contributed by atoms with Crippen LogP contribution < -0.4 is 0 Å². The van der Waals surface area contributed by atoms with Crippen LogP contribution in [0.15, 0.2) is 94.0 Å². The molecule has 7 nitrogen and oxygen atoms in total. The van der Waals surface area contributed by atoms with E-state index in [1.165, 1.54) is 11.0 Å². The van der Waals surface area contributed by atoms with Crippen molar-refractivity contribution in [3.05, 3.63) is 105 Å². The Hall–Kier alpha value is -4.30. The Kier molecular flexibility index (Phi) is 6.27. The lowest BCUT2D eigenvalue weighted by atomic mass is 9.59. The molecule has 3 aromatic carbocycles. The molecule has 0 spiro atoms. The van der Waals surface area contributed by atoms with E-state index in [9.17, 15) is 29.4 Å². The first kappa shape index (κ1) is 26.6. The lowest BCUT2D eigenvalue weighted by molar-refractivity contribution is -0.140. The first-order valence-electron chi connectivity index (χ1n) is 14.0. The largest absolute Gasteiger partial charge is 0.508 e. The summed E-state index contributed by atoms with van der Waals surface area (Å²) in [6.07, 6.45) is 4.21. The van der Waals surface area contributed by atoms with Gasteiger partial charge in [0.15, 0.2) is 11.6 Å². The van der Waals surface area contributed by atoms with Crippen LogP contribution in [0.3, 0.4) is 0 Å². The molecule has 4 atom stereocenters. The summed E-state index contributed by atoms with van der Waals surface area (Å²) < 4.78 is 0.163. The maximum atomic E-state index is 14.0. The van der Waals surface area contributed by atoms with Crippen LogP contribution >= 0.6 is 15.9 Å². The van der Waals surface area contributed by atoms with E-state index in [0.717, 1.165) is 21.9 Å². The number of hydrogen-bond donors (Lipinski definition) is 2. The number of imide groups is 1. The van der Waals surface area contributed by atoms with Crippen molar-refractivity contribution in [2.75, 3.05) is 6.54 Å². The molecule has 4 aliphatic rings. The number of nitrogens with zero attached hydrogens (tertiary/aromatic N) is 1. The van der Waals surface area contributed by atoms with Crippen LogP contribution in [0.2, 0.25) is 0 Å². The van der Waals surface area contributed by atoms with E-state index < -0.39 is 23.7 Å². The monoisotopic (exact) mass is 623 g/mol. The number of phenolic OH excluding ortho intramolecular Hbond substituents is 2. The van der Waals surface area contributed by atoms with Gasteiger partial charge in [-0.05, 0) is 75.6 Å². The van der Waals surface area contributed by atoms with Crippen LogP contribution in [-0.4, -0.2) is 45.0 Å². The van der Waals surface area contributed by atoms with Crippen molar-refractivity contribution in [3.8, 4) is 11.5 Å². The first-order chi connectivity index (χ1) is 20.2. The third-order valence-corrected chi connectivity index (χ3v) is 9.81. The van der Waals surface area contributed by atoms with Gasteiger partial charge in [0.25, 0.3) is 0 Å². The van der Waals surface area contributed by atoms with E-state index >= 15 is 0 Å². The number of aromatic hydroxyl groups is 2. The summed E-state index contributed by atoms with van der Waals surface area (Å²) in [5.41, 5.74) is 2.89. The molecule has 3 aliphatic carbocycles. The number of hydrogen-bond acceptors (Lipinski definition) is 6. The molecule has 7 rings (SSSR count). The van der Waals surface area contributed by atoms with Gasteiger partial charge in [0.1, 0.15) is 11.5 Å². The number of Topliss-reactive ketones (excluding diaryl/α,β-unsaturated/α-hetero) is 1. The SMILES string of the molecule is O=C1C=C(Br)C(=O)C2=C1[C@@H](c1c(O)ccc3ccccc13)C1=CC[C@@H]3C(=O)N(CCc4ccc(O)cc4)C(=O)[C@@H]3[C@@H]1C2. The highest BCUT2D eigenvalue weighted by Crippen LogP contribution is 2.57. The molecule has 1 fully saturated rings. The zero-order valence-corrected chi connectivity index (χ0v) is 24.0. The molecule has 0 saturated carbocycles. The van der Waals surface area contributed by atoms with Crippen molar-refractivity contribution < 1.29 is 29.4 Å². The molecule has 0 unspecified atom stereocenters. The Labute approximate surface area is 250 Å².